The number of carbonyl (C=O) groups is 3. The lowest BCUT2D eigenvalue weighted by Gasteiger charge is -2.72. The Hall–Kier alpha value is -2.75. The third-order valence-corrected chi connectivity index (χ3v) is 20.6. The maximum atomic E-state index is 13.4. The molecule has 0 aromatic rings. The van der Waals surface area contributed by atoms with Gasteiger partial charge in [-0.25, -0.2) is 9.59 Å². The van der Waals surface area contributed by atoms with Crippen molar-refractivity contribution in [3.63, 3.8) is 0 Å². The SMILES string of the molecule is C/C=C(/C)C(=O)O[C@H]1[C@H](OC(C)=O)[C@]2(CO)[C@H](O)C[C@]3(C)C(=CC[C@@H]4[C@@]5(C)CC[C@H](O[C@@H]6O[C@H](C(=O)O)[C@@H](O)[C@H](O[C@@H]7O[C@@H](CO)[C@H](O)[C@H]7O)[C@H]6O[C@@H]6O[C@H](CO)[C@@H](O)[C@H](O)[C@H]6O)C(C)(C)[C@@H]5CC[C@]43C)[C@@H]2CC1(C)C. The van der Waals surface area contributed by atoms with E-state index in [0.717, 1.165) is 5.57 Å². The number of fused-ring (bicyclic) bond motifs is 7. The van der Waals surface area contributed by atoms with Crippen molar-refractivity contribution < 1.29 is 108 Å². The van der Waals surface area contributed by atoms with Gasteiger partial charge in [-0.2, -0.15) is 0 Å². The van der Waals surface area contributed by atoms with Gasteiger partial charge in [0.1, 0.15) is 73.2 Å². The average molecular weight is 1090 g/mol. The second-order valence-corrected chi connectivity index (χ2v) is 25.2. The molecule has 76 heavy (non-hydrogen) atoms. The molecule has 0 aromatic carbocycles. The van der Waals surface area contributed by atoms with E-state index in [1.165, 1.54) is 6.92 Å². The quantitative estimate of drug-likeness (QED) is 0.0513. The van der Waals surface area contributed by atoms with Crippen LogP contribution < -0.4 is 0 Å². The van der Waals surface area contributed by atoms with Crippen LogP contribution >= 0.6 is 0 Å². The number of carbonyl (C=O) groups excluding carboxylic acids is 2. The van der Waals surface area contributed by atoms with Crippen molar-refractivity contribution in [1.82, 2.24) is 0 Å². The Morgan fingerprint density at radius 3 is 1.84 bits per heavy atom. The lowest BCUT2D eigenvalue weighted by atomic mass is 9.33. The van der Waals surface area contributed by atoms with E-state index in [0.29, 0.717) is 44.1 Å². The van der Waals surface area contributed by atoms with Gasteiger partial charge in [0.05, 0.1) is 37.4 Å². The molecule has 0 aromatic heterocycles. The van der Waals surface area contributed by atoms with E-state index < -0.39 is 181 Å². The molecule has 22 nitrogen and oxygen atoms in total. The first-order valence-corrected chi connectivity index (χ1v) is 26.9. The first-order valence-electron chi connectivity index (χ1n) is 26.9. The summed E-state index contributed by atoms with van der Waals surface area (Å²) in [7, 11) is 0. The van der Waals surface area contributed by atoms with Gasteiger partial charge in [0.2, 0.25) is 0 Å². The third kappa shape index (κ3) is 9.32. The van der Waals surface area contributed by atoms with Crippen LogP contribution in [0.2, 0.25) is 0 Å². The lowest BCUT2D eigenvalue weighted by molar-refractivity contribution is -0.386. The number of rotatable bonds is 13. The number of aliphatic hydroxyl groups is 10. The Bertz CT molecular complexity index is 2220. The topological polar surface area (TPSA) is 348 Å². The van der Waals surface area contributed by atoms with E-state index in [1.54, 1.807) is 19.9 Å². The first-order chi connectivity index (χ1) is 35.4. The molecule has 8 rings (SSSR count). The Labute approximate surface area is 443 Å². The summed E-state index contributed by atoms with van der Waals surface area (Å²) in [5, 5.41) is 120. The highest BCUT2D eigenvalue weighted by atomic mass is 16.8. The highest BCUT2D eigenvalue weighted by Gasteiger charge is 2.74. The van der Waals surface area contributed by atoms with Gasteiger partial charge in [-0.05, 0) is 98.2 Å². The molecule has 22 heteroatoms. The fraction of sp³-hybridized carbons (Fsp3) is 0.870. The summed E-state index contributed by atoms with van der Waals surface area (Å²) in [4.78, 5) is 39.2. The van der Waals surface area contributed by atoms with E-state index in [9.17, 15) is 70.6 Å². The molecule has 8 aliphatic rings. The van der Waals surface area contributed by atoms with E-state index in [-0.39, 0.29) is 23.7 Å². The van der Waals surface area contributed by atoms with Crippen LogP contribution in [0.25, 0.3) is 0 Å². The van der Waals surface area contributed by atoms with Gasteiger partial charge in [0.25, 0.3) is 0 Å². The molecule has 3 heterocycles. The summed E-state index contributed by atoms with van der Waals surface area (Å²) in [6.45, 7) is 17.3. The molecule has 432 valence electrons. The van der Waals surface area contributed by atoms with Crippen molar-refractivity contribution in [3.8, 4) is 0 Å². The van der Waals surface area contributed by atoms with Gasteiger partial charge in [0.15, 0.2) is 25.0 Å². The summed E-state index contributed by atoms with van der Waals surface area (Å²) in [6.07, 6.45) is -21.6. The monoisotopic (exact) mass is 1080 g/mol. The number of carboxylic acid groups (broad SMARTS) is 1. The zero-order valence-corrected chi connectivity index (χ0v) is 45.3. The fourth-order valence-electron chi connectivity index (χ4n) is 16.0. The van der Waals surface area contributed by atoms with E-state index in [4.69, 9.17) is 37.9 Å². The normalized spacial score (nSPS) is 49.8. The minimum atomic E-state index is -2.10. The van der Waals surface area contributed by atoms with Gasteiger partial charge in [0, 0.05) is 17.9 Å². The summed E-state index contributed by atoms with van der Waals surface area (Å²) in [6, 6.07) is 0. The van der Waals surface area contributed by atoms with Crippen LogP contribution in [0.3, 0.4) is 0 Å². The van der Waals surface area contributed by atoms with Crippen molar-refractivity contribution in [3.05, 3.63) is 23.3 Å². The lowest BCUT2D eigenvalue weighted by Crippen LogP contribution is -2.72. The zero-order valence-electron chi connectivity index (χ0n) is 45.3. The number of carboxylic acids is 1. The largest absolute Gasteiger partial charge is 0.479 e. The van der Waals surface area contributed by atoms with Crippen molar-refractivity contribution >= 4 is 17.9 Å². The van der Waals surface area contributed by atoms with Crippen LogP contribution in [-0.2, 0) is 52.3 Å². The maximum Gasteiger partial charge on any atom is 0.335 e. The van der Waals surface area contributed by atoms with Crippen LogP contribution in [0.1, 0.15) is 114 Å². The van der Waals surface area contributed by atoms with Crippen molar-refractivity contribution in [1.29, 1.82) is 0 Å². The molecule has 25 atom stereocenters. The Morgan fingerprint density at radius 2 is 1.28 bits per heavy atom. The van der Waals surface area contributed by atoms with Gasteiger partial charge < -0.3 is 94.1 Å². The number of hydrogen-bond donors (Lipinski definition) is 11. The Balaban J connectivity index is 1.12. The van der Waals surface area contributed by atoms with Crippen LogP contribution in [0.15, 0.2) is 23.3 Å². The third-order valence-electron chi connectivity index (χ3n) is 20.6. The predicted molar refractivity (Wildman–Crippen MR) is 262 cm³/mol. The molecule has 11 N–H and O–H groups in total. The molecule has 0 unspecified atom stereocenters. The van der Waals surface area contributed by atoms with Gasteiger partial charge >= 0.3 is 17.9 Å². The number of esters is 2. The van der Waals surface area contributed by atoms with Gasteiger partial charge in [-0.3, -0.25) is 4.79 Å². The molecule has 4 saturated carbocycles. The van der Waals surface area contributed by atoms with Crippen LogP contribution in [0, 0.1) is 50.2 Å². The number of allylic oxidation sites excluding steroid dienone is 3. The number of aliphatic carboxylic acids is 1. The number of ether oxygens (including phenoxy) is 8. The van der Waals surface area contributed by atoms with E-state index in [1.807, 2.05) is 13.8 Å². The molecule has 7 fully saturated rings. The minimum absolute atomic E-state index is 0.0355. The zero-order chi connectivity index (χ0) is 56.2. The molecule has 3 saturated heterocycles. The summed E-state index contributed by atoms with van der Waals surface area (Å²) in [5.41, 5.74) is -2.88. The van der Waals surface area contributed by atoms with Crippen LogP contribution in [0.5, 0.6) is 0 Å². The standard InChI is InChI=1S/C54H84O22/c1-11-23(2)45(68)76-42-43(69-24(3)58)54(22-57)26(18-49(42,4)5)25-12-13-30-51(8)16-15-32(50(6,7)29(51)14-17-52(30,9)53(25,10)19-31(54)59)72-48-41(75-47-37(64)35(62)33(60)27(20-55)70-47)39(38(65)40(74-48)44(66)67)73-46-36(63)34(61)28(21-56)71-46/h11-12,26-43,46-48,55-57,59-65H,13-22H2,1-10H3,(H,66,67)/b23-11-/t26-,27+,28-,29-,30+,31+,32-,33+,34-,35-,36+,37+,38-,39-,40-,41+,42-,43-,46-,47-,48+,51-,52+,53+,54-/m0/s1. The number of hydrogen-bond acceptors (Lipinski definition) is 21. The molecule has 5 aliphatic carbocycles. The second kappa shape index (κ2) is 21.3. The fourth-order valence-corrected chi connectivity index (χ4v) is 16.0. The number of aliphatic hydroxyl groups excluding tert-OH is 10. The molecule has 0 radical (unpaired) electrons. The van der Waals surface area contributed by atoms with E-state index in [2.05, 4.69) is 40.7 Å². The van der Waals surface area contributed by atoms with Crippen molar-refractivity contribution in [2.45, 2.75) is 225 Å². The summed E-state index contributed by atoms with van der Waals surface area (Å²) < 4.78 is 48.8. The summed E-state index contributed by atoms with van der Waals surface area (Å²) in [5.74, 6) is -3.33. The molecule has 0 bridgehead atoms. The van der Waals surface area contributed by atoms with Crippen molar-refractivity contribution in [2.24, 2.45) is 50.2 Å². The molecular weight excluding hydrogens is 1000 g/mol. The summed E-state index contributed by atoms with van der Waals surface area (Å²) >= 11 is 0. The average Bonchev–Trinajstić information content (AvgIpc) is 3.65. The van der Waals surface area contributed by atoms with E-state index >= 15 is 0 Å². The highest BCUT2D eigenvalue weighted by Crippen LogP contribution is 2.76. The molecule has 0 spiro atoms. The molecular formula is C54H84O22. The van der Waals surface area contributed by atoms with Crippen LogP contribution in [0.4, 0.5) is 0 Å². The smallest absolute Gasteiger partial charge is 0.335 e. The van der Waals surface area contributed by atoms with Crippen LogP contribution in [-0.4, -0.2) is 204 Å². The first kappa shape index (κ1) is 59.4. The van der Waals surface area contributed by atoms with Gasteiger partial charge in [-0.15, -0.1) is 0 Å². The molecule has 0 amide bonds. The highest BCUT2D eigenvalue weighted by molar-refractivity contribution is 5.87. The Kier molecular flexibility index (Phi) is 16.6. The maximum absolute atomic E-state index is 13.4. The van der Waals surface area contributed by atoms with Crippen molar-refractivity contribution in [2.75, 3.05) is 19.8 Å². The Morgan fingerprint density at radius 1 is 0.684 bits per heavy atom. The predicted octanol–water partition coefficient (Wildman–Crippen LogP) is 0.346. The second-order valence-electron chi connectivity index (χ2n) is 25.2. The van der Waals surface area contributed by atoms with Gasteiger partial charge in [-0.1, -0.05) is 66.2 Å². The minimum Gasteiger partial charge on any atom is -0.479 e. The molecule has 3 aliphatic heterocycles.